The van der Waals surface area contributed by atoms with E-state index in [0.29, 0.717) is 6.42 Å². The Labute approximate surface area is 191 Å². The summed E-state index contributed by atoms with van der Waals surface area (Å²) in [5.41, 5.74) is 9.75. The second-order valence-electron chi connectivity index (χ2n) is 9.10. The fraction of sp³-hybridized carbons (Fsp3) is 0.357. The van der Waals surface area contributed by atoms with E-state index in [1.165, 1.54) is 33.4 Å². The molecule has 4 heteroatoms. The van der Waals surface area contributed by atoms with Gasteiger partial charge < -0.3 is 4.90 Å². The van der Waals surface area contributed by atoms with Gasteiger partial charge in [-0.2, -0.15) is 0 Å². The summed E-state index contributed by atoms with van der Waals surface area (Å²) in [6, 6.07) is 17.0. The third-order valence-electron chi connectivity index (χ3n) is 6.65. The number of aryl methyl sites for hydroxylation is 3. The molecule has 166 valence electrons. The number of carbonyl (C=O) groups excluding carboxylic acids is 1. The molecule has 0 atom stereocenters. The monoisotopic (exact) mass is 427 g/mol. The van der Waals surface area contributed by atoms with Crippen molar-refractivity contribution < 1.29 is 4.79 Å². The van der Waals surface area contributed by atoms with Crippen molar-refractivity contribution in [3.63, 3.8) is 0 Å². The zero-order valence-corrected chi connectivity index (χ0v) is 19.7. The van der Waals surface area contributed by atoms with E-state index in [0.717, 1.165) is 44.0 Å². The summed E-state index contributed by atoms with van der Waals surface area (Å²) in [6.45, 7) is 12.8. The van der Waals surface area contributed by atoms with Crippen molar-refractivity contribution >= 4 is 5.91 Å². The summed E-state index contributed by atoms with van der Waals surface area (Å²) in [6.07, 6.45) is 2.40. The van der Waals surface area contributed by atoms with Crippen molar-refractivity contribution in [2.24, 2.45) is 0 Å². The molecule has 0 spiro atoms. The van der Waals surface area contributed by atoms with Gasteiger partial charge in [0.05, 0.1) is 12.1 Å². The summed E-state index contributed by atoms with van der Waals surface area (Å²) >= 11 is 0. The Morgan fingerprint density at radius 2 is 1.50 bits per heavy atom. The maximum atomic E-state index is 12.7. The van der Waals surface area contributed by atoms with Gasteiger partial charge in [0.25, 0.3) is 0 Å². The van der Waals surface area contributed by atoms with E-state index in [9.17, 15) is 4.79 Å². The van der Waals surface area contributed by atoms with Crippen molar-refractivity contribution in [2.75, 3.05) is 26.2 Å². The summed E-state index contributed by atoms with van der Waals surface area (Å²) in [7, 11) is 0. The van der Waals surface area contributed by atoms with Crippen molar-refractivity contribution in [2.45, 2.75) is 40.7 Å². The van der Waals surface area contributed by atoms with Crippen molar-refractivity contribution in [3.05, 3.63) is 88.1 Å². The number of aromatic nitrogens is 1. The lowest BCUT2D eigenvalue weighted by Gasteiger charge is -2.35. The molecule has 4 nitrogen and oxygen atoms in total. The van der Waals surface area contributed by atoms with Gasteiger partial charge in [0.2, 0.25) is 5.91 Å². The molecule has 32 heavy (non-hydrogen) atoms. The second kappa shape index (κ2) is 9.66. The first kappa shape index (κ1) is 22.2. The van der Waals surface area contributed by atoms with E-state index in [2.05, 4.69) is 86.1 Å². The predicted octanol–water partition coefficient (Wildman–Crippen LogP) is 4.87. The van der Waals surface area contributed by atoms with E-state index in [-0.39, 0.29) is 5.91 Å². The number of pyridine rings is 1. The summed E-state index contributed by atoms with van der Waals surface area (Å²) in [5.74, 6) is 0.227. The largest absolute Gasteiger partial charge is 0.340 e. The third-order valence-corrected chi connectivity index (χ3v) is 6.65. The highest BCUT2D eigenvalue weighted by Crippen LogP contribution is 2.24. The lowest BCUT2D eigenvalue weighted by Crippen LogP contribution is -2.48. The van der Waals surface area contributed by atoms with Crippen LogP contribution in [0, 0.1) is 27.7 Å². The smallest absolute Gasteiger partial charge is 0.227 e. The van der Waals surface area contributed by atoms with Crippen LogP contribution in [0.2, 0.25) is 0 Å². The highest BCUT2D eigenvalue weighted by molar-refractivity contribution is 5.78. The number of carbonyl (C=O) groups is 1. The second-order valence-corrected chi connectivity index (χ2v) is 9.10. The van der Waals surface area contributed by atoms with Gasteiger partial charge in [-0.25, -0.2) is 0 Å². The number of nitrogens with zero attached hydrogens (tertiary/aromatic N) is 3. The van der Waals surface area contributed by atoms with E-state index in [1.807, 2.05) is 11.1 Å². The molecular weight excluding hydrogens is 394 g/mol. The quantitative estimate of drug-likeness (QED) is 0.583. The molecule has 2 heterocycles. The topological polar surface area (TPSA) is 36.4 Å². The first-order chi connectivity index (χ1) is 15.4. The molecular formula is C28H33N3O. The number of hydrogen-bond acceptors (Lipinski definition) is 3. The maximum Gasteiger partial charge on any atom is 0.227 e. The van der Waals surface area contributed by atoms with Crippen LogP contribution in [0.4, 0.5) is 0 Å². The number of hydrogen-bond donors (Lipinski definition) is 0. The molecule has 1 aliphatic rings. The molecule has 2 aromatic carbocycles. The molecule has 0 N–H and O–H groups in total. The van der Waals surface area contributed by atoms with Crippen molar-refractivity contribution in [3.8, 4) is 11.3 Å². The zero-order chi connectivity index (χ0) is 22.7. The lowest BCUT2D eigenvalue weighted by atomic mass is 9.98. The minimum atomic E-state index is 0.227. The van der Waals surface area contributed by atoms with Crippen LogP contribution >= 0.6 is 0 Å². The van der Waals surface area contributed by atoms with Crippen molar-refractivity contribution in [1.82, 2.24) is 14.8 Å². The van der Waals surface area contributed by atoms with E-state index in [1.54, 1.807) is 0 Å². The Balaban J connectivity index is 1.35. The molecule has 1 aliphatic heterocycles. The third kappa shape index (κ3) is 5.25. The van der Waals surface area contributed by atoms with Gasteiger partial charge in [0, 0.05) is 44.5 Å². The number of rotatable bonds is 5. The fourth-order valence-corrected chi connectivity index (χ4v) is 4.32. The molecule has 0 unspecified atom stereocenters. The van der Waals surface area contributed by atoms with Gasteiger partial charge >= 0.3 is 0 Å². The molecule has 1 amide bonds. The van der Waals surface area contributed by atoms with E-state index < -0.39 is 0 Å². The van der Waals surface area contributed by atoms with E-state index >= 15 is 0 Å². The highest BCUT2D eigenvalue weighted by Gasteiger charge is 2.21. The molecule has 1 aromatic heterocycles. The molecule has 0 bridgehead atoms. The maximum absolute atomic E-state index is 12.7. The molecule has 0 radical (unpaired) electrons. The summed E-state index contributed by atoms with van der Waals surface area (Å²) in [5, 5.41) is 0. The van der Waals surface area contributed by atoms with Gasteiger partial charge in [-0.15, -0.1) is 0 Å². The Morgan fingerprint density at radius 3 is 2.16 bits per heavy atom. The summed E-state index contributed by atoms with van der Waals surface area (Å²) < 4.78 is 0. The average molecular weight is 428 g/mol. The van der Waals surface area contributed by atoms with Gasteiger partial charge in [-0.1, -0.05) is 29.8 Å². The van der Waals surface area contributed by atoms with Crippen LogP contribution in [0.5, 0.6) is 0 Å². The SMILES string of the molecule is Cc1ccc(CC(=O)N2CCN(Cc3ccnc(-c4cc(C)c(C)c(C)c4)c3)CC2)cc1. The van der Waals surface area contributed by atoms with Gasteiger partial charge in [-0.05, 0) is 79.8 Å². The number of piperazine rings is 1. The molecule has 1 saturated heterocycles. The van der Waals surface area contributed by atoms with Crippen molar-refractivity contribution in [1.29, 1.82) is 0 Å². The van der Waals surface area contributed by atoms with Gasteiger partial charge in [0.1, 0.15) is 0 Å². The zero-order valence-electron chi connectivity index (χ0n) is 19.7. The van der Waals surface area contributed by atoms with Gasteiger partial charge in [-0.3, -0.25) is 14.7 Å². The van der Waals surface area contributed by atoms with Crippen LogP contribution in [0.3, 0.4) is 0 Å². The Hall–Kier alpha value is -2.98. The minimum Gasteiger partial charge on any atom is -0.340 e. The highest BCUT2D eigenvalue weighted by atomic mass is 16.2. The molecule has 1 fully saturated rings. The van der Waals surface area contributed by atoms with Gasteiger partial charge in [0.15, 0.2) is 0 Å². The van der Waals surface area contributed by atoms with Crippen LogP contribution in [-0.2, 0) is 17.8 Å². The fourth-order valence-electron chi connectivity index (χ4n) is 4.32. The molecule has 4 rings (SSSR count). The normalized spacial score (nSPS) is 14.6. The number of amides is 1. The summed E-state index contributed by atoms with van der Waals surface area (Å²) in [4.78, 5) is 21.8. The Morgan fingerprint density at radius 1 is 0.844 bits per heavy atom. The Bertz CT molecular complexity index is 1070. The molecule has 3 aromatic rings. The minimum absolute atomic E-state index is 0.227. The molecule has 0 aliphatic carbocycles. The van der Waals surface area contributed by atoms with E-state index in [4.69, 9.17) is 0 Å². The van der Waals surface area contributed by atoms with Crippen LogP contribution in [0.25, 0.3) is 11.3 Å². The van der Waals surface area contributed by atoms with Crippen LogP contribution in [0.15, 0.2) is 54.7 Å². The first-order valence-corrected chi connectivity index (χ1v) is 11.5. The van der Waals surface area contributed by atoms with Crippen LogP contribution in [0.1, 0.15) is 33.4 Å². The first-order valence-electron chi connectivity index (χ1n) is 11.5. The lowest BCUT2D eigenvalue weighted by molar-refractivity contribution is -0.132. The van der Waals surface area contributed by atoms with Crippen LogP contribution < -0.4 is 0 Å². The standard InChI is InChI=1S/C28H33N3O/c1-20-5-7-24(8-6-20)18-28(32)31-13-11-30(12-14-31)19-25-9-10-29-27(17-25)26-15-21(2)23(4)22(3)16-26/h5-10,15-17H,11-14,18-19H2,1-4H3. The number of benzene rings is 2. The molecule has 0 saturated carbocycles. The predicted molar refractivity (Wildman–Crippen MR) is 131 cm³/mol. The van der Waals surface area contributed by atoms with Crippen LogP contribution in [-0.4, -0.2) is 46.9 Å². The average Bonchev–Trinajstić information content (AvgIpc) is 2.79. The Kier molecular flexibility index (Phi) is 6.71.